The minimum atomic E-state index is -4.58. The Bertz CT molecular complexity index is 1060. The quantitative estimate of drug-likeness (QED) is 0.511. The minimum Gasteiger partial charge on any atom is -0.335 e. The van der Waals surface area contributed by atoms with E-state index in [0.29, 0.717) is 44.2 Å². The minimum absolute atomic E-state index is 0.0467. The lowest BCUT2D eigenvalue weighted by Crippen LogP contribution is -2.47. The highest BCUT2D eigenvalue weighted by Gasteiger charge is 2.33. The highest BCUT2D eigenvalue weighted by atomic mass is 19.4. The number of amides is 1. The molecule has 1 unspecified atom stereocenters. The molecule has 184 valence electrons. The summed E-state index contributed by atoms with van der Waals surface area (Å²) in [5.74, 6) is -0.967. The van der Waals surface area contributed by atoms with E-state index in [-0.39, 0.29) is 24.1 Å². The lowest BCUT2D eigenvalue weighted by molar-refractivity contribution is -0.137. The molecule has 1 N–H and O–H groups in total. The van der Waals surface area contributed by atoms with Crippen LogP contribution in [0.2, 0.25) is 0 Å². The molecule has 0 radical (unpaired) electrons. The number of halogens is 4. The fourth-order valence-electron chi connectivity index (χ4n) is 4.59. The van der Waals surface area contributed by atoms with Crippen LogP contribution < -0.4 is 5.32 Å². The van der Waals surface area contributed by atoms with Gasteiger partial charge >= 0.3 is 6.18 Å². The van der Waals surface area contributed by atoms with Gasteiger partial charge in [0.1, 0.15) is 5.82 Å². The lowest BCUT2D eigenvalue weighted by Gasteiger charge is -2.32. The number of hydrogen-bond donors (Lipinski definition) is 1. The van der Waals surface area contributed by atoms with E-state index < -0.39 is 17.6 Å². The Labute approximate surface area is 196 Å². The number of hydrogen-bond acceptors (Lipinski definition) is 4. The molecule has 1 aromatic heterocycles. The molecular weight excluding hydrogens is 450 g/mol. The number of fused-ring (bicyclic) bond motifs is 1. The van der Waals surface area contributed by atoms with Crippen LogP contribution in [-0.4, -0.2) is 64.8 Å². The van der Waals surface area contributed by atoms with E-state index in [9.17, 15) is 22.4 Å². The summed E-state index contributed by atoms with van der Waals surface area (Å²) >= 11 is 0. The topological polar surface area (TPSA) is 53.4 Å². The molecule has 1 saturated heterocycles. The summed E-state index contributed by atoms with van der Waals surface area (Å²) in [4.78, 5) is 17.3. The molecular formula is C24H29F4N5O. The number of allylic oxidation sites excluding steroid dienone is 1. The van der Waals surface area contributed by atoms with Crippen LogP contribution in [0.5, 0.6) is 0 Å². The Kier molecular flexibility index (Phi) is 7.09. The molecule has 0 bridgehead atoms. The molecule has 4 rings (SSSR count). The van der Waals surface area contributed by atoms with Gasteiger partial charge in [-0.2, -0.15) is 18.3 Å². The molecule has 1 amide bonds. The van der Waals surface area contributed by atoms with Crippen molar-refractivity contribution in [3.63, 3.8) is 0 Å². The van der Waals surface area contributed by atoms with Crippen molar-refractivity contribution in [2.24, 2.45) is 0 Å². The van der Waals surface area contributed by atoms with Crippen LogP contribution in [-0.2, 0) is 32.1 Å². The predicted molar refractivity (Wildman–Crippen MR) is 120 cm³/mol. The number of carbonyl (C=O) groups excluding carboxylic acids is 1. The number of likely N-dealkylation sites (N-methyl/N-ethyl adjacent to an activating group) is 1. The van der Waals surface area contributed by atoms with Gasteiger partial charge in [0, 0.05) is 55.6 Å². The summed E-state index contributed by atoms with van der Waals surface area (Å²) in [6.07, 6.45) is -0.844. The van der Waals surface area contributed by atoms with Crippen molar-refractivity contribution < 1.29 is 22.4 Å². The Balaban J connectivity index is 1.49. The number of piperazine rings is 1. The number of carbonyl (C=O) groups is 1. The zero-order valence-electron chi connectivity index (χ0n) is 19.2. The van der Waals surface area contributed by atoms with Gasteiger partial charge in [0.15, 0.2) is 5.69 Å². The molecule has 10 heteroatoms. The maximum absolute atomic E-state index is 14.2. The monoisotopic (exact) mass is 479 g/mol. The lowest BCUT2D eigenvalue weighted by atomic mass is 9.90. The van der Waals surface area contributed by atoms with Crippen LogP contribution in [0.4, 0.5) is 17.6 Å². The molecule has 0 spiro atoms. The summed E-state index contributed by atoms with van der Waals surface area (Å²) in [5, 5.41) is 7.88. The third-order valence-electron chi connectivity index (χ3n) is 6.60. The maximum atomic E-state index is 14.2. The first kappa shape index (κ1) is 24.4. The van der Waals surface area contributed by atoms with Crippen LogP contribution in [0.15, 0.2) is 30.9 Å². The van der Waals surface area contributed by atoms with Crippen molar-refractivity contribution in [3.05, 3.63) is 64.7 Å². The molecule has 6 nitrogen and oxygen atoms in total. The highest BCUT2D eigenvalue weighted by Crippen LogP contribution is 2.31. The van der Waals surface area contributed by atoms with Gasteiger partial charge in [0.05, 0.1) is 12.1 Å². The average Bonchev–Trinajstić information content (AvgIpc) is 3.15. The standard InChI is InChI=1S/C24H29F4N5O/c1-3-8-33-21-7-6-18(29-15-16-4-5-17(13-20(16)25)24(26,27)28)14-19(21)22(30-33)23(34)32-11-9-31(2)10-12-32/h3-5,13,18,29H,1,6-12,14-15H2,2H3. The fraction of sp³-hybridized carbons (Fsp3) is 0.500. The third-order valence-corrected chi connectivity index (χ3v) is 6.60. The first-order chi connectivity index (χ1) is 16.2. The second kappa shape index (κ2) is 9.87. The van der Waals surface area contributed by atoms with Gasteiger partial charge in [-0.25, -0.2) is 4.39 Å². The van der Waals surface area contributed by atoms with Gasteiger partial charge in [-0.15, -0.1) is 6.58 Å². The molecule has 1 aromatic carbocycles. The van der Waals surface area contributed by atoms with Crippen LogP contribution in [0.25, 0.3) is 0 Å². The largest absolute Gasteiger partial charge is 0.416 e. The van der Waals surface area contributed by atoms with Crippen molar-refractivity contribution in [3.8, 4) is 0 Å². The van der Waals surface area contributed by atoms with E-state index >= 15 is 0 Å². The Morgan fingerprint density at radius 3 is 2.65 bits per heavy atom. The number of nitrogens with one attached hydrogen (secondary N) is 1. The van der Waals surface area contributed by atoms with E-state index in [1.54, 1.807) is 6.08 Å². The predicted octanol–water partition coefficient (Wildman–Crippen LogP) is 3.26. The molecule has 34 heavy (non-hydrogen) atoms. The van der Waals surface area contributed by atoms with Crippen LogP contribution in [0, 0.1) is 5.82 Å². The summed E-state index contributed by atoms with van der Waals surface area (Å²) in [7, 11) is 2.03. The summed E-state index contributed by atoms with van der Waals surface area (Å²) < 4.78 is 54.5. The molecule has 2 heterocycles. The zero-order chi connectivity index (χ0) is 24.5. The Morgan fingerprint density at radius 2 is 2.00 bits per heavy atom. The summed E-state index contributed by atoms with van der Waals surface area (Å²) in [6, 6.07) is 2.55. The molecule has 1 atom stereocenters. The van der Waals surface area contributed by atoms with E-state index in [1.807, 2.05) is 16.6 Å². The van der Waals surface area contributed by atoms with Crippen LogP contribution >= 0.6 is 0 Å². The molecule has 0 saturated carbocycles. The van der Waals surface area contributed by atoms with Gasteiger partial charge in [-0.3, -0.25) is 9.48 Å². The van der Waals surface area contributed by atoms with Crippen LogP contribution in [0.3, 0.4) is 0 Å². The normalized spacial score (nSPS) is 19.2. The van der Waals surface area contributed by atoms with Crippen molar-refractivity contribution >= 4 is 5.91 Å². The van der Waals surface area contributed by atoms with Gasteiger partial charge in [-0.05, 0) is 38.4 Å². The SMILES string of the molecule is C=CCn1nc(C(=O)N2CCN(C)CC2)c2c1CCC(NCc1ccc(C(F)(F)F)cc1F)C2. The zero-order valence-corrected chi connectivity index (χ0v) is 19.2. The number of benzene rings is 1. The average molecular weight is 480 g/mol. The van der Waals surface area contributed by atoms with E-state index in [1.165, 1.54) is 6.07 Å². The summed E-state index contributed by atoms with van der Waals surface area (Å²) in [6.45, 7) is 7.31. The first-order valence-electron chi connectivity index (χ1n) is 11.4. The Hall–Kier alpha value is -2.72. The smallest absolute Gasteiger partial charge is 0.335 e. The van der Waals surface area contributed by atoms with Gasteiger partial charge in [0.25, 0.3) is 5.91 Å². The second-order valence-electron chi connectivity index (χ2n) is 8.96. The van der Waals surface area contributed by atoms with Crippen molar-refractivity contribution in [1.29, 1.82) is 0 Å². The first-order valence-corrected chi connectivity index (χ1v) is 11.4. The van der Waals surface area contributed by atoms with Crippen molar-refractivity contribution in [2.45, 2.75) is 44.6 Å². The second-order valence-corrected chi connectivity index (χ2v) is 8.96. The number of aromatic nitrogens is 2. The van der Waals surface area contributed by atoms with E-state index in [0.717, 1.165) is 36.8 Å². The highest BCUT2D eigenvalue weighted by molar-refractivity contribution is 5.94. The van der Waals surface area contributed by atoms with Crippen molar-refractivity contribution in [1.82, 2.24) is 24.9 Å². The molecule has 1 fully saturated rings. The summed E-state index contributed by atoms with van der Waals surface area (Å²) in [5.41, 5.74) is 1.53. The third kappa shape index (κ3) is 5.17. The maximum Gasteiger partial charge on any atom is 0.416 e. The number of nitrogens with zero attached hydrogens (tertiary/aromatic N) is 4. The molecule has 1 aliphatic carbocycles. The number of alkyl halides is 3. The number of rotatable bonds is 6. The fourth-order valence-corrected chi connectivity index (χ4v) is 4.59. The van der Waals surface area contributed by atoms with Gasteiger partial charge in [0.2, 0.25) is 0 Å². The van der Waals surface area contributed by atoms with E-state index in [4.69, 9.17) is 0 Å². The van der Waals surface area contributed by atoms with Crippen molar-refractivity contribution in [2.75, 3.05) is 33.2 Å². The van der Waals surface area contributed by atoms with E-state index in [2.05, 4.69) is 21.9 Å². The molecule has 2 aromatic rings. The van der Waals surface area contributed by atoms with Gasteiger partial charge < -0.3 is 15.1 Å². The molecule has 1 aliphatic heterocycles. The van der Waals surface area contributed by atoms with Gasteiger partial charge in [-0.1, -0.05) is 12.1 Å². The van der Waals surface area contributed by atoms with Crippen LogP contribution in [0.1, 0.15) is 39.3 Å². The molecule has 2 aliphatic rings. The Morgan fingerprint density at radius 1 is 1.26 bits per heavy atom.